The second-order valence-corrected chi connectivity index (χ2v) is 6.29. The number of aromatic amines is 1. The Hall–Kier alpha value is -3.74. The van der Waals surface area contributed by atoms with E-state index < -0.39 is 11.7 Å². The molecule has 7 heteroatoms. The number of halogens is 1. The molecule has 0 unspecified atom stereocenters. The van der Waals surface area contributed by atoms with Gasteiger partial charge in [-0.2, -0.15) is 0 Å². The van der Waals surface area contributed by atoms with Crippen molar-refractivity contribution >= 4 is 28.3 Å². The van der Waals surface area contributed by atoms with Crippen LogP contribution in [0.2, 0.25) is 0 Å². The van der Waals surface area contributed by atoms with Crippen molar-refractivity contribution in [1.82, 2.24) is 15.0 Å². The van der Waals surface area contributed by atoms with Gasteiger partial charge in [-0.05, 0) is 36.2 Å². The zero-order chi connectivity index (χ0) is 19.3. The maximum Gasteiger partial charge on any atom is 0.274 e. The van der Waals surface area contributed by atoms with Gasteiger partial charge in [-0.1, -0.05) is 24.3 Å². The van der Waals surface area contributed by atoms with Crippen LogP contribution >= 0.6 is 0 Å². The predicted molar refractivity (Wildman–Crippen MR) is 107 cm³/mol. The van der Waals surface area contributed by atoms with Gasteiger partial charge in [0.05, 0.1) is 0 Å². The average Bonchev–Trinajstić information content (AvgIpc) is 3.11. The van der Waals surface area contributed by atoms with Gasteiger partial charge in [-0.3, -0.25) is 4.79 Å². The van der Waals surface area contributed by atoms with E-state index in [0.717, 1.165) is 11.9 Å². The fourth-order valence-corrected chi connectivity index (χ4v) is 3.00. The summed E-state index contributed by atoms with van der Waals surface area (Å²) in [7, 11) is 0. The van der Waals surface area contributed by atoms with E-state index in [2.05, 4.69) is 31.7 Å². The van der Waals surface area contributed by atoms with Crippen molar-refractivity contribution in [1.29, 1.82) is 0 Å². The van der Waals surface area contributed by atoms with E-state index in [1.807, 2.05) is 24.4 Å². The smallest absolute Gasteiger partial charge is 0.274 e. The summed E-state index contributed by atoms with van der Waals surface area (Å²) in [5.41, 5.74) is 2.89. The Balaban J connectivity index is 1.39. The number of nitrogens with one attached hydrogen (secondary N) is 3. The van der Waals surface area contributed by atoms with Crippen molar-refractivity contribution in [2.75, 3.05) is 17.2 Å². The number of rotatable bonds is 6. The first-order valence-corrected chi connectivity index (χ1v) is 8.87. The van der Waals surface area contributed by atoms with Crippen LogP contribution in [0.1, 0.15) is 16.1 Å². The molecule has 0 saturated heterocycles. The number of hydrogen-bond acceptors (Lipinski definition) is 4. The molecule has 4 rings (SSSR count). The molecule has 140 valence electrons. The van der Waals surface area contributed by atoms with Gasteiger partial charge >= 0.3 is 0 Å². The van der Waals surface area contributed by atoms with Crippen molar-refractivity contribution in [2.45, 2.75) is 6.42 Å². The molecular weight excluding hydrogens is 357 g/mol. The van der Waals surface area contributed by atoms with Crippen LogP contribution in [0.15, 0.2) is 67.1 Å². The van der Waals surface area contributed by atoms with E-state index in [0.29, 0.717) is 18.1 Å². The molecule has 1 amide bonds. The number of benzene rings is 2. The number of aromatic nitrogens is 3. The topological polar surface area (TPSA) is 82.7 Å². The lowest BCUT2D eigenvalue weighted by Crippen LogP contribution is -2.15. The molecule has 0 saturated carbocycles. The Labute approximate surface area is 160 Å². The highest BCUT2D eigenvalue weighted by Gasteiger charge is 2.10. The predicted octanol–water partition coefficient (Wildman–Crippen LogP) is 4.00. The fourth-order valence-electron chi connectivity index (χ4n) is 3.00. The van der Waals surface area contributed by atoms with Crippen LogP contribution in [0.4, 0.5) is 15.9 Å². The van der Waals surface area contributed by atoms with Gasteiger partial charge in [0, 0.05) is 35.4 Å². The molecule has 4 aromatic rings. The molecule has 0 radical (unpaired) electrons. The number of carbonyl (C=O) groups excluding carboxylic acids is 1. The summed E-state index contributed by atoms with van der Waals surface area (Å²) >= 11 is 0. The number of anilines is 2. The molecule has 3 N–H and O–H groups in total. The molecule has 0 atom stereocenters. The summed E-state index contributed by atoms with van der Waals surface area (Å²) < 4.78 is 13.2. The van der Waals surface area contributed by atoms with Gasteiger partial charge in [0.1, 0.15) is 23.7 Å². The van der Waals surface area contributed by atoms with Crippen LogP contribution in [0, 0.1) is 5.82 Å². The zero-order valence-electron chi connectivity index (χ0n) is 14.9. The minimum Gasteiger partial charge on any atom is -0.370 e. The molecule has 0 aliphatic carbocycles. The maximum atomic E-state index is 13.2. The number of H-pyrrole nitrogens is 1. The van der Waals surface area contributed by atoms with Crippen LogP contribution < -0.4 is 10.6 Å². The van der Waals surface area contributed by atoms with Crippen LogP contribution in [-0.2, 0) is 6.42 Å². The highest BCUT2D eigenvalue weighted by molar-refractivity contribution is 6.03. The molecule has 0 fully saturated rings. The van der Waals surface area contributed by atoms with Gasteiger partial charge in [-0.25, -0.2) is 14.4 Å². The number of carbonyl (C=O) groups is 1. The quantitative estimate of drug-likeness (QED) is 0.476. The van der Waals surface area contributed by atoms with Gasteiger partial charge in [0.15, 0.2) is 0 Å². The van der Waals surface area contributed by atoms with Crippen molar-refractivity contribution in [3.8, 4) is 0 Å². The second-order valence-electron chi connectivity index (χ2n) is 6.29. The van der Waals surface area contributed by atoms with Gasteiger partial charge < -0.3 is 15.6 Å². The van der Waals surface area contributed by atoms with Crippen LogP contribution in [0.3, 0.4) is 0 Å². The van der Waals surface area contributed by atoms with Crippen LogP contribution in [-0.4, -0.2) is 27.4 Å². The lowest BCUT2D eigenvalue weighted by molar-refractivity contribution is 0.102. The van der Waals surface area contributed by atoms with E-state index in [4.69, 9.17) is 0 Å². The number of hydrogen-bond donors (Lipinski definition) is 3. The first kappa shape index (κ1) is 17.7. The Morgan fingerprint density at radius 1 is 1.07 bits per heavy atom. The van der Waals surface area contributed by atoms with Crippen molar-refractivity contribution in [3.63, 3.8) is 0 Å². The molecule has 2 aromatic heterocycles. The van der Waals surface area contributed by atoms with Gasteiger partial charge in [-0.15, -0.1) is 0 Å². The molecule has 28 heavy (non-hydrogen) atoms. The fraction of sp³-hybridized carbons (Fsp3) is 0.0952. The number of fused-ring (bicyclic) bond motifs is 1. The Morgan fingerprint density at radius 2 is 1.96 bits per heavy atom. The Morgan fingerprint density at radius 3 is 2.86 bits per heavy atom. The van der Waals surface area contributed by atoms with E-state index in [1.165, 1.54) is 35.5 Å². The summed E-state index contributed by atoms with van der Waals surface area (Å²) in [4.78, 5) is 23.7. The standard InChI is InChI=1S/C21H18FN5O/c22-15-4-3-5-16(10-15)27-21(28)19-11-20(26-13-25-19)23-9-8-14-12-24-18-7-2-1-6-17(14)18/h1-7,10-13,24H,8-9H2,(H,27,28)(H,23,25,26). The summed E-state index contributed by atoms with van der Waals surface area (Å²) in [5, 5.41) is 7.03. The molecule has 0 aliphatic heterocycles. The summed E-state index contributed by atoms with van der Waals surface area (Å²) in [5.74, 6) is -0.285. The minimum atomic E-state index is -0.423. The number of amides is 1. The molecule has 6 nitrogen and oxygen atoms in total. The molecule has 2 aromatic carbocycles. The van der Waals surface area contributed by atoms with E-state index in [-0.39, 0.29) is 5.69 Å². The highest BCUT2D eigenvalue weighted by atomic mass is 19.1. The molecule has 0 aliphatic rings. The zero-order valence-corrected chi connectivity index (χ0v) is 14.9. The van der Waals surface area contributed by atoms with Crippen molar-refractivity contribution in [3.05, 3.63) is 84.2 Å². The third-order valence-corrected chi connectivity index (χ3v) is 4.36. The van der Waals surface area contributed by atoms with Crippen molar-refractivity contribution < 1.29 is 9.18 Å². The van der Waals surface area contributed by atoms with Gasteiger partial charge in [0.25, 0.3) is 5.91 Å². The van der Waals surface area contributed by atoms with Crippen LogP contribution in [0.5, 0.6) is 0 Å². The van der Waals surface area contributed by atoms with E-state index in [9.17, 15) is 9.18 Å². The van der Waals surface area contributed by atoms with Gasteiger partial charge in [0.2, 0.25) is 0 Å². The monoisotopic (exact) mass is 375 g/mol. The highest BCUT2D eigenvalue weighted by Crippen LogP contribution is 2.18. The number of para-hydroxylation sites is 1. The normalized spacial score (nSPS) is 10.8. The number of nitrogens with zero attached hydrogens (tertiary/aromatic N) is 2. The van der Waals surface area contributed by atoms with E-state index in [1.54, 1.807) is 12.1 Å². The van der Waals surface area contributed by atoms with E-state index >= 15 is 0 Å². The molecule has 0 spiro atoms. The first-order chi connectivity index (χ1) is 13.7. The first-order valence-electron chi connectivity index (χ1n) is 8.87. The average molecular weight is 375 g/mol. The summed E-state index contributed by atoms with van der Waals surface area (Å²) in [6, 6.07) is 15.4. The van der Waals surface area contributed by atoms with Crippen LogP contribution in [0.25, 0.3) is 10.9 Å². The minimum absolute atomic E-state index is 0.203. The summed E-state index contributed by atoms with van der Waals surface area (Å²) in [6.07, 6.45) is 4.14. The Kier molecular flexibility index (Phi) is 4.97. The second kappa shape index (κ2) is 7.87. The summed E-state index contributed by atoms with van der Waals surface area (Å²) in [6.45, 7) is 0.657. The third-order valence-electron chi connectivity index (χ3n) is 4.36. The van der Waals surface area contributed by atoms with Crippen molar-refractivity contribution in [2.24, 2.45) is 0 Å². The largest absolute Gasteiger partial charge is 0.370 e. The molecule has 0 bridgehead atoms. The SMILES string of the molecule is O=C(Nc1cccc(F)c1)c1cc(NCCc2c[nH]c3ccccc23)ncn1. The Bertz CT molecular complexity index is 1120. The molecule has 2 heterocycles. The molecular formula is C21H18FN5O. The maximum absolute atomic E-state index is 13.2. The third kappa shape index (κ3) is 3.98. The lowest BCUT2D eigenvalue weighted by Gasteiger charge is -2.08. The lowest BCUT2D eigenvalue weighted by atomic mass is 10.1.